The van der Waals surface area contributed by atoms with Crippen LogP contribution in [0.3, 0.4) is 0 Å². The molecule has 0 spiro atoms. The first kappa shape index (κ1) is 17.6. The Kier molecular flexibility index (Phi) is 5.11. The van der Waals surface area contributed by atoms with E-state index in [2.05, 4.69) is 20.1 Å². The lowest BCUT2D eigenvalue weighted by atomic mass is 10.2. The summed E-state index contributed by atoms with van der Waals surface area (Å²) in [5.74, 6) is 0.909. The number of hydrogen-bond acceptors (Lipinski definition) is 6. The fraction of sp³-hybridized carbons (Fsp3) is 0.400. The van der Waals surface area contributed by atoms with E-state index in [0.717, 1.165) is 55.1 Å². The molecule has 0 radical (unpaired) electrons. The summed E-state index contributed by atoms with van der Waals surface area (Å²) < 4.78 is 6.90. The minimum atomic E-state index is -0.0691. The number of hydrogen-bond donors (Lipinski definition) is 0. The van der Waals surface area contributed by atoms with Gasteiger partial charge in [-0.1, -0.05) is 5.16 Å². The number of aryl methyl sites for hydroxylation is 1. The van der Waals surface area contributed by atoms with E-state index >= 15 is 0 Å². The third kappa shape index (κ3) is 4.14. The second-order valence-electron chi connectivity index (χ2n) is 7.00. The molecule has 4 heterocycles. The van der Waals surface area contributed by atoms with Crippen LogP contribution >= 0.6 is 0 Å². The van der Waals surface area contributed by atoms with Gasteiger partial charge in [0.1, 0.15) is 5.76 Å². The minimum Gasteiger partial charge on any atom is -0.361 e. The topological polar surface area (TPSA) is 77.0 Å². The van der Waals surface area contributed by atoms with Gasteiger partial charge < -0.3 is 4.52 Å². The van der Waals surface area contributed by atoms with Crippen LogP contribution in [0.2, 0.25) is 0 Å². The van der Waals surface area contributed by atoms with E-state index < -0.39 is 0 Å². The van der Waals surface area contributed by atoms with Crippen LogP contribution in [0, 0.1) is 6.92 Å². The van der Waals surface area contributed by atoms with Crippen molar-refractivity contribution in [1.82, 2.24) is 24.8 Å². The standard InChI is InChI=1S/C20H23N5O2/c1-15-12-18(27-23-15)8-11-24-10-3-5-17(24)14-25-20(26)7-6-19(22-25)16-4-2-9-21-13-16/h2,4,6-7,9,12-13,17H,3,5,8,10-11,14H2,1H3. The fourth-order valence-corrected chi connectivity index (χ4v) is 3.63. The molecule has 1 saturated heterocycles. The van der Waals surface area contributed by atoms with E-state index in [1.165, 1.54) is 0 Å². The number of nitrogens with zero attached hydrogens (tertiary/aromatic N) is 5. The van der Waals surface area contributed by atoms with Crippen molar-refractivity contribution in [3.05, 3.63) is 64.5 Å². The van der Waals surface area contributed by atoms with Gasteiger partial charge in [-0.05, 0) is 44.5 Å². The quantitative estimate of drug-likeness (QED) is 0.667. The maximum Gasteiger partial charge on any atom is 0.266 e. The van der Waals surface area contributed by atoms with Crippen molar-refractivity contribution in [1.29, 1.82) is 0 Å². The van der Waals surface area contributed by atoms with Gasteiger partial charge in [0.25, 0.3) is 5.56 Å². The lowest BCUT2D eigenvalue weighted by Crippen LogP contribution is -2.38. The fourth-order valence-electron chi connectivity index (χ4n) is 3.63. The van der Waals surface area contributed by atoms with Gasteiger partial charge in [0.2, 0.25) is 0 Å². The molecule has 7 nitrogen and oxygen atoms in total. The molecular formula is C20H23N5O2. The van der Waals surface area contributed by atoms with Crippen molar-refractivity contribution >= 4 is 0 Å². The second kappa shape index (κ2) is 7.84. The molecule has 0 saturated carbocycles. The van der Waals surface area contributed by atoms with Crippen molar-refractivity contribution in [3.63, 3.8) is 0 Å². The van der Waals surface area contributed by atoms with E-state index in [1.54, 1.807) is 29.2 Å². The molecule has 0 amide bonds. The van der Waals surface area contributed by atoms with Crippen LogP contribution in [-0.2, 0) is 13.0 Å². The molecule has 0 N–H and O–H groups in total. The average molecular weight is 365 g/mol. The Morgan fingerprint density at radius 1 is 1.30 bits per heavy atom. The summed E-state index contributed by atoms with van der Waals surface area (Å²) in [6.45, 7) is 4.46. The molecule has 0 aromatic carbocycles. The molecule has 7 heteroatoms. The Morgan fingerprint density at radius 3 is 3.00 bits per heavy atom. The van der Waals surface area contributed by atoms with Crippen LogP contribution in [0.5, 0.6) is 0 Å². The van der Waals surface area contributed by atoms with Crippen molar-refractivity contribution in [2.75, 3.05) is 13.1 Å². The van der Waals surface area contributed by atoms with Gasteiger partial charge in [0.05, 0.1) is 17.9 Å². The molecule has 1 aliphatic heterocycles. The first-order valence-corrected chi connectivity index (χ1v) is 9.34. The lowest BCUT2D eigenvalue weighted by Gasteiger charge is -2.24. The Bertz CT molecular complexity index is 950. The average Bonchev–Trinajstić information content (AvgIpc) is 3.31. The van der Waals surface area contributed by atoms with Gasteiger partial charge in [0, 0.05) is 49.1 Å². The smallest absolute Gasteiger partial charge is 0.266 e. The zero-order chi connectivity index (χ0) is 18.6. The number of rotatable bonds is 6. The highest BCUT2D eigenvalue weighted by atomic mass is 16.5. The van der Waals surface area contributed by atoms with E-state index in [1.807, 2.05) is 25.1 Å². The molecule has 140 valence electrons. The second-order valence-corrected chi connectivity index (χ2v) is 7.00. The van der Waals surface area contributed by atoms with Crippen LogP contribution in [0.25, 0.3) is 11.3 Å². The molecule has 1 aliphatic rings. The van der Waals surface area contributed by atoms with E-state index in [9.17, 15) is 4.79 Å². The summed E-state index contributed by atoms with van der Waals surface area (Å²) in [7, 11) is 0. The Labute approximate surface area is 157 Å². The molecule has 3 aromatic rings. The largest absolute Gasteiger partial charge is 0.361 e. The Hall–Kier alpha value is -2.80. The molecule has 0 aliphatic carbocycles. The van der Waals surface area contributed by atoms with Crippen LogP contribution in [0.1, 0.15) is 24.3 Å². The van der Waals surface area contributed by atoms with E-state index in [-0.39, 0.29) is 5.56 Å². The van der Waals surface area contributed by atoms with Crippen molar-refractivity contribution in [2.24, 2.45) is 0 Å². The molecule has 1 unspecified atom stereocenters. The van der Waals surface area contributed by atoms with Crippen LogP contribution in [0.4, 0.5) is 0 Å². The van der Waals surface area contributed by atoms with E-state index in [4.69, 9.17) is 4.52 Å². The maximum absolute atomic E-state index is 12.3. The molecule has 0 bridgehead atoms. The molecular weight excluding hydrogens is 342 g/mol. The molecule has 4 rings (SSSR count). The minimum absolute atomic E-state index is 0.0691. The Morgan fingerprint density at radius 2 is 2.22 bits per heavy atom. The molecule has 3 aromatic heterocycles. The van der Waals surface area contributed by atoms with Crippen LogP contribution in [-0.4, -0.2) is 44.0 Å². The van der Waals surface area contributed by atoms with Crippen LogP contribution < -0.4 is 5.56 Å². The predicted octanol–water partition coefficient (Wildman–Crippen LogP) is 2.31. The summed E-state index contributed by atoms with van der Waals surface area (Å²) in [6, 6.07) is 9.46. The van der Waals surface area contributed by atoms with Gasteiger partial charge in [-0.3, -0.25) is 14.7 Å². The summed E-state index contributed by atoms with van der Waals surface area (Å²) in [5, 5.41) is 8.52. The highest BCUT2D eigenvalue weighted by Gasteiger charge is 2.25. The SMILES string of the molecule is Cc1cc(CCN2CCCC2Cn2nc(-c3cccnc3)ccc2=O)on1. The van der Waals surface area contributed by atoms with Gasteiger partial charge in [-0.25, -0.2) is 4.68 Å². The molecule has 27 heavy (non-hydrogen) atoms. The lowest BCUT2D eigenvalue weighted by molar-refractivity contribution is 0.220. The maximum atomic E-state index is 12.3. The van der Waals surface area contributed by atoms with E-state index in [0.29, 0.717) is 12.6 Å². The van der Waals surface area contributed by atoms with Gasteiger partial charge in [-0.15, -0.1) is 0 Å². The number of likely N-dealkylation sites (tertiary alicyclic amines) is 1. The summed E-state index contributed by atoms with van der Waals surface area (Å²) in [5.41, 5.74) is 2.52. The van der Waals surface area contributed by atoms with Crippen molar-refractivity contribution in [3.8, 4) is 11.3 Å². The predicted molar refractivity (Wildman–Crippen MR) is 101 cm³/mol. The summed E-state index contributed by atoms with van der Waals surface area (Å²) >= 11 is 0. The summed E-state index contributed by atoms with van der Waals surface area (Å²) in [6.07, 6.45) is 6.53. The van der Waals surface area contributed by atoms with Gasteiger partial charge in [-0.2, -0.15) is 5.10 Å². The highest BCUT2D eigenvalue weighted by molar-refractivity contribution is 5.56. The monoisotopic (exact) mass is 365 g/mol. The van der Waals surface area contributed by atoms with Gasteiger partial charge in [0.15, 0.2) is 0 Å². The first-order chi connectivity index (χ1) is 13.2. The normalized spacial score (nSPS) is 17.4. The first-order valence-electron chi connectivity index (χ1n) is 9.34. The zero-order valence-corrected chi connectivity index (χ0v) is 15.4. The third-order valence-corrected chi connectivity index (χ3v) is 5.03. The number of pyridine rings is 1. The highest BCUT2D eigenvalue weighted by Crippen LogP contribution is 2.20. The van der Waals surface area contributed by atoms with Gasteiger partial charge >= 0.3 is 0 Å². The Balaban J connectivity index is 1.46. The van der Waals surface area contributed by atoms with Crippen molar-refractivity contribution in [2.45, 2.75) is 38.8 Å². The molecule has 1 fully saturated rings. The van der Waals surface area contributed by atoms with Crippen molar-refractivity contribution < 1.29 is 4.52 Å². The number of aromatic nitrogens is 4. The summed E-state index contributed by atoms with van der Waals surface area (Å²) in [4.78, 5) is 18.9. The third-order valence-electron chi connectivity index (χ3n) is 5.03. The molecule has 1 atom stereocenters. The van der Waals surface area contributed by atoms with Crippen LogP contribution in [0.15, 0.2) is 52.0 Å². The zero-order valence-electron chi connectivity index (χ0n) is 15.4.